The van der Waals surface area contributed by atoms with Crippen LogP contribution < -0.4 is 5.73 Å². The SMILES string of the molecule is Cc1ccc(-c2noc(N)c2-c2ccc(F)cc2)cc1F. The van der Waals surface area contributed by atoms with Gasteiger partial charge in [-0.2, -0.15) is 0 Å². The van der Waals surface area contributed by atoms with Gasteiger partial charge in [0.05, 0.1) is 5.56 Å². The van der Waals surface area contributed by atoms with Gasteiger partial charge >= 0.3 is 0 Å². The largest absolute Gasteiger partial charge is 0.367 e. The van der Waals surface area contributed by atoms with E-state index in [0.29, 0.717) is 27.9 Å². The van der Waals surface area contributed by atoms with Crippen molar-refractivity contribution in [3.05, 3.63) is 59.7 Å². The van der Waals surface area contributed by atoms with Gasteiger partial charge < -0.3 is 10.3 Å². The molecule has 0 atom stereocenters. The lowest BCUT2D eigenvalue weighted by atomic mass is 10.00. The van der Waals surface area contributed by atoms with Crippen molar-refractivity contribution in [3.63, 3.8) is 0 Å². The second kappa shape index (κ2) is 5.01. The van der Waals surface area contributed by atoms with E-state index in [1.54, 1.807) is 31.2 Å². The number of halogens is 2. The molecule has 3 aromatic rings. The molecule has 1 heterocycles. The average Bonchev–Trinajstić information content (AvgIpc) is 2.85. The van der Waals surface area contributed by atoms with Crippen molar-refractivity contribution in [3.8, 4) is 22.4 Å². The molecule has 0 radical (unpaired) electrons. The van der Waals surface area contributed by atoms with Crippen LogP contribution in [0.15, 0.2) is 47.0 Å². The van der Waals surface area contributed by atoms with Crippen molar-refractivity contribution in [1.82, 2.24) is 5.16 Å². The fraction of sp³-hybridized carbons (Fsp3) is 0.0625. The van der Waals surface area contributed by atoms with E-state index in [4.69, 9.17) is 10.3 Å². The molecule has 0 fully saturated rings. The van der Waals surface area contributed by atoms with Gasteiger partial charge in [-0.05, 0) is 36.2 Å². The molecule has 0 aliphatic carbocycles. The van der Waals surface area contributed by atoms with E-state index >= 15 is 0 Å². The Morgan fingerprint density at radius 2 is 1.67 bits per heavy atom. The van der Waals surface area contributed by atoms with E-state index in [2.05, 4.69) is 5.16 Å². The van der Waals surface area contributed by atoms with Crippen LogP contribution in [0.4, 0.5) is 14.7 Å². The summed E-state index contributed by atoms with van der Waals surface area (Å²) >= 11 is 0. The molecule has 0 saturated carbocycles. The Hall–Kier alpha value is -2.69. The predicted molar refractivity (Wildman–Crippen MR) is 76.4 cm³/mol. The minimum absolute atomic E-state index is 0.109. The van der Waals surface area contributed by atoms with Crippen molar-refractivity contribution in [2.75, 3.05) is 5.73 Å². The van der Waals surface area contributed by atoms with Gasteiger partial charge in [-0.1, -0.05) is 29.4 Å². The first-order chi connectivity index (χ1) is 10.1. The van der Waals surface area contributed by atoms with E-state index < -0.39 is 0 Å². The number of anilines is 1. The molecule has 106 valence electrons. The number of hydrogen-bond donors (Lipinski definition) is 1. The fourth-order valence-corrected chi connectivity index (χ4v) is 2.14. The third-order valence-corrected chi connectivity index (χ3v) is 3.30. The molecule has 0 aliphatic rings. The number of hydrogen-bond acceptors (Lipinski definition) is 3. The Morgan fingerprint density at radius 1 is 1.00 bits per heavy atom. The van der Waals surface area contributed by atoms with Gasteiger partial charge in [-0.15, -0.1) is 0 Å². The Bertz CT molecular complexity index is 795. The zero-order valence-electron chi connectivity index (χ0n) is 11.2. The van der Waals surface area contributed by atoms with Gasteiger partial charge in [-0.3, -0.25) is 0 Å². The highest BCUT2D eigenvalue weighted by atomic mass is 19.1. The maximum absolute atomic E-state index is 13.7. The molecule has 0 bridgehead atoms. The lowest BCUT2D eigenvalue weighted by molar-refractivity contribution is 0.439. The summed E-state index contributed by atoms with van der Waals surface area (Å²) in [6.45, 7) is 1.68. The molecular formula is C16H12F2N2O. The highest BCUT2D eigenvalue weighted by Crippen LogP contribution is 2.36. The maximum Gasteiger partial charge on any atom is 0.230 e. The molecule has 0 unspecified atom stereocenters. The van der Waals surface area contributed by atoms with Crippen molar-refractivity contribution >= 4 is 5.88 Å². The van der Waals surface area contributed by atoms with Crippen LogP contribution >= 0.6 is 0 Å². The maximum atomic E-state index is 13.7. The van der Waals surface area contributed by atoms with Gasteiger partial charge in [0.1, 0.15) is 17.3 Å². The molecule has 2 N–H and O–H groups in total. The number of benzene rings is 2. The van der Waals surface area contributed by atoms with E-state index in [0.717, 1.165) is 0 Å². The van der Waals surface area contributed by atoms with Gasteiger partial charge in [0.2, 0.25) is 5.88 Å². The third kappa shape index (κ3) is 2.38. The number of aryl methyl sites for hydroxylation is 1. The molecular weight excluding hydrogens is 274 g/mol. The lowest BCUT2D eigenvalue weighted by Crippen LogP contribution is -1.89. The third-order valence-electron chi connectivity index (χ3n) is 3.30. The van der Waals surface area contributed by atoms with Crippen molar-refractivity contribution in [2.45, 2.75) is 6.92 Å². The Labute approximate surface area is 120 Å². The van der Waals surface area contributed by atoms with Crippen molar-refractivity contribution in [1.29, 1.82) is 0 Å². The smallest absolute Gasteiger partial charge is 0.230 e. The number of aromatic nitrogens is 1. The molecule has 5 heteroatoms. The highest BCUT2D eigenvalue weighted by Gasteiger charge is 2.18. The molecule has 1 aromatic heterocycles. The molecule has 2 aromatic carbocycles. The van der Waals surface area contributed by atoms with Crippen LogP contribution in [0, 0.1) is 18.6 Å². The quantitative estimate of drug-likeness (QED) is 0.769. The van der Waals surface area contributed by atoms with Gasteiger partial charge in [0, 0.05) is 5.56 Å². The highest BCUT2D eigenvalue weighted by molar-refractivity contribution is 5.86. The zero-order valence-corrected chi connectivity index (χ0v) is 11.2. The average molecular weight is 286 g/mol. The number of nitrogens with two attached hydrogens (primary N) is 1. The zero-order chi connectivity index (χ0) is 15.0. The van der Waals surface area contributed by atoms with Crippen molar-refractivity contribution < 1.29 is 13.3 Å². The Morgan fingerprint density at radius 3 is 2.33 bits per heavy atom. The fourth-order valence-electron chi connectivity index (χ4n) is 2.14. The summed E-state index contributed by atoms with van der Waals surface area (Å²) < 4.78 is 31.8. The van der Waals surface area contributed by atoms with Crippen LogP contribution in [0.25, 0.3) is 22.4 Å². The molecule has 21 heavy (non-hydrogen) atoms. The van der Waals surface area contributed by atoms with E-state index in [9.17, 15) is 8.78 Å². The lowest BCUT2D eigenvalue weighted by Gasteiger charge is -2.04. The molecule has 0 spiro atoms. The second-order valence-corrected chi connectivity index (χ2v) is 4.74. The second-order valence-electron chi connectivity index (χ2n) is 4.74. The first-order valence-electron chi connectivity index (χ1n) is 6.34. The summed E-state index contributed by atoms with van der Waals surface area (Å²) in [6, 6.07) is 10.6. The number of nitrogens with zero attached hydrogens (tertiary/aromatic N) is 1. The topological polar surface area (TPSA) is 52.0 Å². The van der Waals surface area contributed by atoms with Crippen LogP contribution in [-0.2, 0) is 0 Å². The summed E-state index contributed by atoms with van der Waals surface area (Å²) in [5.41, 5.74) is 8.51. The monoisotopic (exact) mass is 286 g/mol. The van der Waals surface area contributed by atoms with Crippen LogP contribution in [0.3, 0.4) is 0 Å². The van der Waals surface area contributed by atoms with Crippen LogP contribution in [0.5, 0.6) is 0 Å². The standard InChI is InChI=1S/C16H12F2N2O/c1-9-2-3-11(8-13(9)18)15-14(16(19)21-20-15)10-4-6-12(17)7-5-10/h2-8H,19H2,1H3. The van der Waals surface area contributed by atoms with E-state index in [1.807, 2.05) is 0 Å². The number of rotatable bonds is 2. The normalized spacial score (nSPS) is 10.8. The minimum Gasteiger partial charge on any atom is -0.367 e. The molecule has 0 aliphatic heterocycles. The Balaban J connectivity index is 2.16. The summed E-state index contributed by atoms with van der Waals surface area (Å²) in [5, 5.41) is 3.90. The molecule has 3 rings (SSSR count). The minimum atomic E-state index is -0.350. The summed E-state index contributed by atoms with van der Waals surface area (Å²) in [4.78, 5) is 0. The first kappa shape index (κ1) is 13.3. The Kier molecular flexibility index (Phi) is 3.17. The first-order valence-corrected chi connectivity index (χ1v) is 6.34. The molecule has 0 amide bonds. The van der Waals surface area contributed by atoms with Crippen LogP contribution in [-0.4, -0.2) is 5.16 Å². The summed E-state index contributed by atoms with van der Waals surface area (Å²) in [7, 11) is 0. The van der Waals surface area contributed by atoms with Gasteiger partial charge in [-0.25, -0.2) is 8.78 Å². The summed E-state index contributed by atoms with van der Waals surface area (Å²) in [5.74, 6) is -0.576. The van der Waals surface area contributed by atoms with E-state index in [1.165, 1.54) is 18.2 Å². The van der Waals surface area contributed by atoms with Crippen LogP contribution in [0.2, 0.25) is 0 Å². The predicted octanol–water partition coefficient (Wildman–Crippen LogP) is 4.18. The number of nitrogen functional groups attached to an aromatic ring is 1. The van der Waals surface area contributed by atoms with Gasteiger partial charge in [0.15, 0.2) is 0 Å². The van der Waals surface area contributed by atoms with E-state index in [-0.39, 0.29) is 17.5 Å². The molecule has 0 saturated heterocycles. The van der Waals surface area contributed by atoms with Crippen molar-refractivity contribution in [2.24, 2.45) is 0 Å². The summed E-state index contributed by atoms with van der Waals surface area (Å²) in [6.07, 6.45) is 0. The van der Waals surface area contributed by atoms with Crippen LogP contribution in [0.1, 0.15) is 5.56 Å². The molecule has 3 nitrogen and oxygen atoms in total. The van der Waals surface area contributed by atoms with Gasteiger partial charge in [0.25, 0.3) is 0 Å².